The van der Waals surface area contributed by atoms with Crippen molar-refractivity contribution in [1.82, 2.24) is 40.0 Å². The van der Waals surface area contributed by atoms with E-state index in [2.05, 4.69) is 49.4 Å². The first-order valence-corrected chi connectivity index (χ1v) is 6.51. The van der Waals surface area contributed by atoms with E-state index in [1.54, 1.807) is 6.20 Å². The van der Waals surface area contributed by atoms with Gasteiger partial charge in [-0.3, -0.25) is 9.88 Å². The van der Waals surface area contributed by atoms with Crippen molar-refractivity contribution in [3.8, 4) is 0 Å². The van der Waals surface area contributed by atoms with Gasteiger partial charge in [-0.25, -0.2) is 14.6 Å². The average Bonchev–Trinajstić information content (AvgIpc) is 3.09. The molecule has 108 valence electrons. The summed E-state index contributed by atoms with van der Waals surface area (Å²) in [4.78, 5) is 18.2. The van der Waals surface area contributed by atoms with E-state index >= 15 is 0 Å². The largest absolute Gasteiger partial charge is 0.340 e. The van der Waals surface area contributed by atoms with Crippen LogP contribution in [0.1, 0.15) is 11.9 Å². The van der Waals surface area contributed by atoms with Crippen LogP contribution in [0, 0.1) is 0 Å². The molecule has 0 radical (unpaired) electrons. The number of likely N-dealkylation sites (tertiary alicyclic amines) is 1. The Kier molecular flexibility index (Phi) is 3.36. The summed E-state index contributed by atoms with van der Waals surface area (Å²) in [5, 5.41) is 14.3. The zero-order chi connectivity index (χ0) is 14.1. The summed E-state index contributed by atoms with van der Waals surface area (Å²) < 4.78 is 1.90. The summed E-state index contributed by atoms with van der Waals surface area (Å²) in [5.41, 5.74) is -0.267. The topological polar surface area (TPSA) is 98.7 Å². The molecular weight excluding hydrogens is 260 g/mol. The van der Waals surface area contributed by atoms with Crippen LogP contribution in [0.3, 0.4) is 0 Å². The van der Waals surface area contributed by atoms with E-state index < -0.39 is 0 Å². The zero-order valence-electron chi connectivity index (χ0n) is 11.5. The van der Waals surface area contributed by atoms with E-state index in [9.17, 15) is 4.79 Å². The Morgan fingerprint density at radius 1 is 1.45 bits per heavy atom. The number of aromatic amines is 2. The molecule has 1 saturated heterocycles. The number of likely N-dealkylation sites (N-methyl/N-ethyl adjacent to an activating group) is 1. The molecule has 0 saturated carbocycles. The molecule has 2 atom stereocenters. The molecule has 0 bridgehead atoms. The Morgan fingerprint density at radius 2 is 2.30 bits per heavy atom. The van der Waals surface area contributed by atoms with Crippen LogP contribution in [0.5, 0.6) is 0 Å². The fraction of sp³-hybridized carbons (Fsp3) is 0.636. The molecule has 1 aliphatic heterocycles. The summed E-state index contributed by atoms with van der Waals surface area (Å²) in [6.07, 6.45) is 3.58. The molecule has 20 heavy (non-hydrogen) atoms. The zero-order valence-corrected chi connectivity index (χ0v) is 11.5. The number of nitrogens with one attached hydrogen (secondary N) is 2. The van der Waals surface area contributed by atoms with Gasteiger partial charge in [-0.1, -0.05) is 5.21 Å². The van der Waals surface area contributed by atoms with Gasteiger partial charge in [0.25, 0.3) is 0 Å². The lowest BCUT2D eigenvalue weighted by atomic mass is 10.1. The van der Waals surface area contributed by atoms with Gasteiger partial charge in [0, 0.05) is 25.3 Å². The molecule has 9 nitrogen and oxygen atoms in total. The van der Waals surface area contributed by atoms with Crippen LogP contribution in [0.4, 0.5) is 0 Å². The first kappa shape index (κ1) is 13.0. The van der Waals surface area contributed by atoms with Crippen LogP contribution in [-0.4, -0.2) is 73.2 Å². The van der Waals surface area contributed by atoms with Crippen LogP contribution in [0.2, 0.25) is 0 Å². The summed E-state index contributed by atoms with van der Waals surface area (Å²) in [6, 6.07) is 0.598. The van der Waals surface area contributed by atoms with Gasteiger partial charge in [0.05, 0.1) is 18.8 Å². The molecule has 2 N–H and O–H groups in total. The molecule has 2 aromatic heterocycles. The Labute approximate surface area is 115 Å². The highest BCUT2D eigenvalue weighted by Gasteiger charge is 2.36. The Hall–Kier alpha value is -2.00. The number of nitrogens with zero attached hydrogens (tertiary/aromatic N) is 6. The monoisotopic (exact) mass is 278 g/mol. The molecule has 2 aromatic rings. The Morgan fingerprint density at radius 3 is 2.90 bits per heavy atom. The van der Waals surface area contributed by atoms with Crippen molar-refractivity contribution in [1.29, 1.82) is 0 Å². The minimum absolute atomic E-state index is 0.248. The lowest BCUT2D eigenvalue weighted by molar-refractivity contribution is 0.236. The molecule has 3 rings (SSSR count). The highest BCUT2D eigenvalue weighted by molar-refractivity contribution is 4.95. The highest BCUT2D eigenvalue weighted by atomic mass is 16.1. The lowest BCUT2D eigenvalue weighted by Crippen LogP contribution is -2.36. The summed E-state index contributed by atoms with van der Waals surface area (Å²) in [7, 11) is 4.13. The van der Waals surface area contributed by atoms with Crippen molar-refractivity contribution in [2.24, 2.45) is 0 Å². The van der Waals surface area contributed by atoms with Crippen molar-refractivity contribution < 1.29 is 0 Å². The van der Waals surface area contributed by atoms with Gasteiger partial charge < -0.3 is 4.90 Å². The summed E-state index contributed by atoms with van der Waals surface area (Å²) in [5.74, 6) is 0.659. The molecule has 0 aliphatic carbocycles. The van der Waals surface area contributed by atoms with Crippen molar-refractivity contribution in [2.75, 3.05) is 27.2 Å². The van der Waals surface area contributed by atoms with Crippen molar-refractivity contribution >= 4 is 0 Å². The second kappa shape index (κ2) is 5.17. The van der Waals surface area contributed by atoms with Gasteiger partial charge in [0.15, 0.2) is 0 Å². The molecule has 1 aliphatic rings. The fourth-order valence-corrected chi connectivity index (χ4v) is 2.73. The van der Waals surface area contributed by atoms with E-state index in [-0.39, 0.29) is 11.7 Å². The van der Waals surface area contributed by atoms with E-state index in [0.717, 1.165) is 13.1 Å². The summed E-state index contributed by atoms with van der Waals surface area (Å²) >= 11 is 0. The SMILES string of the molecule is CN(C)[C@@H]1CN(Cc2n[nH]c(=O)[nH]2)C[C@@H]1n1ccnn1. The normalized spacial score (nSPS) is 23.8. The molecule has 0 spiro atoms. The highest BCUT2D eigenvalue weighted by Crippen LogP contribution is 2.25. The maximum absolute atomic E-state index is 11.1. The molecule has 0 unspecified atom stereocenters. The van der Waals surface area contributed by atoms with Gasteiger partial charge >= 0.3 is 5.69 Å². The second-order valence-corrected chi connectivity index (χ2v) is 5.30. The van der Waals surface area contributed by atoms with Crippen LogP contribution in [-0.2, 0) is 6.54 Å². The van der Waals surface area contributed by atoms with Gasteiger partial charge in [-0.2, -0.15) is 5.10 Å². The van der Waals surface area contributed by atoms with Gasteiger partial charge in [0.1, 0.15) is 5.82 Å². The number of aromatic nitrogens is 6. The Balaban J connectivity index is 1.74. The van der Waals surface area contributed by atoms with Crippen LogP contribution < -0.4 is 5.69 Å². The Bertz CT molecular complexity index is 600. The van der Waals surface area contributed by atoms with Crippen LogP contribution >= 0.6 is 0 Å². The number of hydrogen-bond acceptors (Lipinski definition) is 6. The van der Waals surface area contributed by atoms with Crippen molar-refractivity contribution in [3.05, 3.63) is 28.7 Å². The minimum atomic E-state index is -0.267. The quantitative estimate of drug-likeness (QED) is 0.719. The number of rotatable bonds is 4. The second-order valence-electron chi connectivity index (χ2n) is 5.30. The van der Waals surface area contributed by atoms with E-state index in [4.69, 9.17) is 0 Å². The van der Waals surface area contributed by atoms with E-state index in [1.807, 2.05) is 10.9 Å². The average molecular weight is 278 g/mol. The first-order chi connectivity index (χ1) is 9.63. The molecule has 0 amide bonds. The predicted octanol–water partition coefficient (Wildman–Crippen LogP) is -1.32. The van der Waals surface area contributed by atoms with Gasteiger partial charge in [-0.05, 0) is 14.1 Å². The molecule has 9 heteroatoms. The van der Waals surface area contributed by atoms with Crippen molar-refractivity contribution in [2.45, 2.75) is 18.6 Å². The van der Waals surface area contributed by atoms with Crippen LogP contribution in [0.25, 0.3) is 0 Å². The van der Waals surface area contributed by atoms with Gasteiger partial charge in [-0.15, -0.1) is 5.10 Å². The minimum Gasteiger partial charge on any atom is -0.303 e. The van der Waals surface area contributed by atoms with Crippen molar-refractivity contribution in [3.63, 3.8) is 0 Å². The number of H-pyrrole nitrogens is 2. The fourth-order valence-electron chi connectivity index (χ4n) is 2.73. The molecule has 1 fully saturated rings. The lowest BCUT2D eigenvalue weighted by Gasteiger charge is -2.24. The maximum Gasteiger partial charge on any atom is 0.340 e. The third-order valence-electron chi connectivity index (χ3n) is 3.70. The maximum atomic E-state index is 11.1. The molecule has 3 heterocycles. The number of hydrogen-bond donors (Lipinski definition) is 2. The van der Waals surface area contributed by atoms with Gasteiger partial charge in [0.2, 0.25) is 0 Å². The van der Waals surface area contributed by atoms with Crippen LogP contribution in [0.15, 0.2) is 17.2 Å². The molecule has 0 aromatic carbocycles. The third kappa shape index (κ3) is 2.49. The molecular formula is C11H18N8O. The third-order valence-corrected chi connectivity index (χ3v) is 3.70. The first-order valence-electron chi connectivity index (χ1n) is 6.51. The smallest absolute Gasteiger partial charge is 0.303 e. The predicted molar refractivity (Wildman–Crippen MR) is 71.0 cm³/mol. The standard InChI is InChI=1S/C11H18N8O/c1-17(2)8-5-18(7-10-13-11(20)15-14-10)6-9(8)19-4-3-12-16-19/h3-4,8-9H,5-7H2,1-2H3,(H2,13,14,15,20)/t8-,9+/m1/s1. The van der Waals surface area contributed by atoms with E-state index in [1.165, 1.54) is 0 Å². The van der Waals surface area contributed by atoms with E-state index in [0.29, 0.717) is 18.4 Å². The summed E-state index contributed by atoms with van der Waals surface area (Å²) in [6.45, 7) is 2.36.